The molecule has 0 aliphatic heterocycles. The van der Waals surface area contributed by atoms with E-state index in [1.54, 1.807) is 0 Å². The molecule has 1 rings (SSSR count). The highest BCUT2D eigenvalue weighted by Gasteiger charge is 2.22. The third-order valence-corrected chi connectivity index (χ3v) is 2.59. The molecule has 1 unspecified atom stereocenters. The zero-order valence-electron chi connectivity index (χ0n) is 9.71. The molecule has 0 heterocycles. The number of likely N-dealkylation sites (N-methyl/N-ethyl adjacent to an activating group) is 1. The molecule has 84 valence electrons. The highest BCUT2D eigenvalue weighted by Crippen LogP contribution is 2.31. The van der Waals surface area contributed by atoms with E-state index in [-0.39, 0.29) is 0 Å². The van der Waals surface area contributed by atoms with E-state index in [2.05, 4.69) is 5.32 Å². The van der Waals surface area contributed by atoms with Crippen molar-refractivity contribution in [2.45, 2.75) is 31.8 Å². The van der Waals surface area contributed by atoms with Gasteiger partial charge in [-0.25, -0.2) is 0 Å². The molecule has 0 amide bonds. The molecule has 1 atom stereocenters. The van der Waals surface area contributed by atoms with Gasteiger partial charge in [-0.15, -0.1) is 0 Å². The molecule has 0 radical (unpaired) electrons. The van der Waals surface area contributed by atoms with E-state index < -0.39 is 5.60 Å². The smallest absolute Gasteiger partial charge is 0.0869 e. The van der Waals surface area contributed by atoms with Gasteiger partial charge in [-0.3, -0.25) is 0 Å². The highest BCUT2D eigenvalue weighted by atomic mass is 16.3. The van der Waals surface area contributed by atoms with Gasteiger partial charge >= 0.3 is 0 Å². The van der Waals surface area contributed by atoms with Crippen LogP contribution in [0.5, 0.6) is 0 Å². The summed E-state index contributed by atoms with van der Waals surface area (Å²) in [7, 11) is 3.97. The summed E-state index contributed by atoms with van der Waals surface area (Å²) < 4.78 is 0. The normalized spacial score (nSPS) is 21.2. The zero-order valence-corrected chi connectivity index (χ0v) is 9.71. The van der Waals surface area contributed by atoms with Crippen LogP contribution >= 0.6 is 0 Å². The van der Waals surface area contributed by atoms with Gasteiger partial charge in [0.05, 0.1) is 5.60 Å². The highest BCUT2D eigenvalue weighted by molar-refractivity contribution is 4.79. The molecule has 14 heavy (non-hydrogen) atoms. The summed E-state index contributed by atoms with van der Waals surface area (Å²) >= 11 is 0. The third-order valence-electron chi connectivity index (χ3n) is 2.59. The molecule has 1 saturated carbocycles. The van der Waals surface area contributed by atoms with Gasteiger partial charge in [-0.05, 0) is 39.9 Å². The van der Waals surface area contributed by atoms with E-state index in [0.29, 0.717) is 13.1 Å². The maximum atomic E-state index is 9.96. The molecule has 3 heteroatoms. The van der Waals surface area contributed by atoms with Gasteiger partial charge in [-0.1, -0.05) is 12.8 Å². The van der Waals surface area contributed by atoms with Crippen LogP contribution in [0, 0.1) is 5.92 Å². The second-order valence-corrected chi connectivity index (χ2v) is 5.14. The average molecular weight is 200 g/mol. The molecule has 0 aromatic rings. The first-order chi connectivity index (χ1) is 6.49. The minimum atomic E-state index is -0.604. The molecule has 2 N–H and O–H groups in total. The number of hydrogen-bond donors (Lipinski definition) is 2. The fraction of sp³-hybridized carbons (Fsp3) is 1.00. The Morgan fingerprint density at radius 3 is 2.57 bits per heavy atom. The predicted molar refractivity (Wildman–Crippen MR) is 59.4 cm³/mol. The largest absolute Gasteiger partial charge is 0.388 e. The Kier molecular flexibility index (Phi) is 4.35. The molecular formula is C11H24N2O. The van der Waals surface area contributed by atoms with Crippen molar-refractivity contribution in [1.29, 1.82) is 0 Å². The first kappa shape index (κ1) is 12.0. The Bertz CT molecular complexity index is 165. The van der Waals surface area contributed by atoms with Crippen LogP contribution in [0.3, 0.4) is 0 Å². The number of rotatable bonds is 7. The van der Waals surface area contributed by atoms with Crippen molar-refractivity contribution in [2.75, 3.05) is 33.7 Å². The van der Waals surface area contributed by atoms with Crippen molar-refractivity contribution >= 4 is 0 Å². The molecule has 0 bridgehead atoms. The summed E-state index contributed by atoms with van der Waals surface area (Å²) in [5.74, 6) is 0.973. The summed E-state index contributed by atoms with van der Waals surface area (Å²) in [6, 6.07) is 0. The lowest BCUT2D eigenvalue weighted by Crippen LogP contribution is -2.45. The molecular weight excluding hydrogens is 176 g/mol. The number of nitrogens with one attached hydrogen (secondary N) is 1. The Morgan fingerprint density at radius 2 is 2.07 bits per heavy atom. The van der Waals surface area contributed by atoms with Crippen molar-refractivity contribution < 1.29 is 5.11 Å². The maximum Gasteiger partial charge on any atom is 0.0869 e. The van der Waals surface area contributed by atoms with Crippen LogP contribution in [0.15, 0.2) is 0 Å². The Balaban J connectivity index is 2.01. The predicted octanol–water partition coefficient (Wildman–Crippen LogP) is 0.689. The number of hydrogen-bond acceptors (Lipinski definition) is 3. The van der Waals surface area contributed by atoms with E-state index in [4.69, 9.17) is 0 Å². The summed E-state index contributed by atoms with van der Waals surface area (Å²) in [6.45, 7) is 4.34. The van der Waals surface area contributed by atoms with Crippen molar-refractivity contribution in [3.63, 3.8) is 0 Å². The quantitative estimate of drug-likeness (QED) is 0.594. The first-order valence-electron chi connectivity index (χ1n) is 5.57. The van der Waals surface area contributed by atoms with Crippen LogP contribution in [0.4, 0.5) is 0 Å². The minimum Gasteiger partial charge on any atom is -0.388 e. The van der Waals surface area contributed by atoms with Crippen molar-refractivity contribution in [2.24, 2.45) is 5.92 Å². The van der Waals surface area contributed by atoms with Crippen LogP contribution in [-0.2, 0) is 0 Å². The summed E-state index contributed by atoms with van der Waals surface area (Å²) in [4.78, 5) is 2.02. The van der Waals surface area contributed by atoms with Crippen LogP contribution in [0.2, 0.25) is 0 Å². The second-order valence-electron chi connectivity index (χ2n) is 5.14. The molecule has 0 spiro atoms. The van der Waals surface area contributed by atoms with Crippen molar-refractivity contribution in [3.8, 4) is 0 Å². The molecule has 1 aliphatic rings. The van der Waals surface area contributed by atoms with Gasteiger partial charge < -0.3 is 15.3 Å². The van der Waals surface area contributed by atoms with Crippen molar-refractivity contribution in [1.82, 2.24) is 10.2 Å². The zero-order chi connectivity index (χ0) is 10.6. The minimum absolute atomic E-state index is 0.604. The molecule has 1 fully saturated rings. The topological polar surface area (TPSA) is 35.5 Å². The summed E-state index contributed by atoms with van der Waals surface area (Å²) in [5, 5.41) is 13.3. The van der Waals surface area contributed by atoms with Crippen LogP contribution in [0.1, 0.15) is 26.2 Å². The van der Waals surface area contributed by atoms with E-state index in [0.717, 1.165) is 12.5 Å². The first-order valence-corrected chi connectivity index (χ1v) is 5.57. The molecule has 0 saturated heterocycles. The second kappa shape index (κ2) is 5.10. The summed E-state index contributed by atoms with van der Waals surface area (Å²) in [5.41, 5.74) is -0.604. The van der Waals surface area contributed by atoms with Crippen LogP contribution < -0.4 is 5.32 Å². The van der Waals surface area contributed by atoms with Gasteiger partial charge in [0, 0.05) is 13.1 Å². The molecule has 0 aromatic heterocycles. The van der Waals surface area contributed by atoms with Gasteiger partial charge in [0.2, 0.25) is 0 Å². The Hall–Kier alpha value is -0.120. The SMILES string of the molecule is CN(C)CC(C)(O)CNCCC1CC1. The monoisotopic (exact) mass is 200 g/mol. The van der Waals surface area contributed by atoms with Crippen molar-refractivity contribution in [3.05, 3.63) is 0 Å². The van der Waals surface area contributed by atoms with E-state index in [1.165, 1.54) is 19.3 Å². The lowest BCUT2D eigenvalue weighted by molar-refractivity contribution is 0.0339. The number of nitrogens with zero attached hydrogens (tertiary/aromatic N) is 1. The van der Waals surface area contributed by atoms with Gasteiger partial charge in [0.1, 0.15) is 0 Å². The van der Waals surface area contributed by atoms with Gasteiger partial charge in [0.15, 0.2) is 0 Å². The molecule has 3 nitrogen and oxygen atoms in total. The van der Waals surface area contributed by atoms with Crippen LogP contribution in [0.25, 0.3) is 0 Å². The van der Waals surface area contributed by atoms with E-state index in [9.17, 15) is 5.11 Å². The third kappa shape index (κ3) is 5.58. The maximum absolute atomic E-state index is 9.96. The lowest BCUT2D eigenvalue weighted by Gasteiger charge is -2.27. The van der Waals surface area contributed by atoms with Gasteiger partial charge in [-0.2, -0.15) is 0 Å². The summed E-state index contributed by atoms with van der Waals surface area (Å²) in [6.07, 6.45) is 4.10. The lowest BCUT2D eigenvalue weighted by atomic mass is 10.1. The molecule has 0 aromatic carbocycles. The fourth-order valence-electron chi connectivity index (χ4n) is 1.81. The Morgan fingerprint density at radius 1 is 1.43 bits per heavy atom. The van der Waals surface area contributed by atoms with E-state index in [1.807, 2.05) is 25.9 Å². The molecule has 1 aliphatic carbocycles. The Labute approximate surface area is 87.5 Å². The fourth-order valence-corrected chi connectivity index (χ4v) is 1.81. The standard InChI is InChI=1S/C11H24N2O/c1-11(14,9-13(2)3)8-12-7-6-10-4-5-10/h10,12,14H,4-9H2,1-3H3. The average Bonchev–Trinajstić information content (AvgIpc) is 2.78. The van der Waals surface area contributed by atoms with Gasteiger partial charge in [0.25, 0.3) is 0 Å². The van der Waals surface area contributed by atoms with E-state index >= 15 is 0 Å². The van der Waals surface area contributed by atoms with Crippen LogP contribution in [-0.4, -0.2) is 49.3 Å². The number of aliphatic hydroxyl groups is 1.